The maximum Gasteiger partial charge on any atom is 0.146 e. The number of fused-ring (bicyclic) bond motifs is 1. The van der Waals surface area contributed by atoms with Crippen LogP contribution in [0.5, 0.6) is 0 Å². The fourth-order valence-electron chi connectivity index (χ4n) is 3.57. The third-order valence-electron chi connectivity index (χ3n) is 4.84. The molecule has 5 rings (SSSR count). The number of imidazole rings is 1. The topological polar surface area (TPSA) is 17.8 Å². The molecule has 0 amide bonds. The van der Waals surface area contributed by atoms with E-state index in [2.05, 4.69) is 53.1 Å². The lowest BCUT2D eigenvalue weighted by molar-refractivity contribution is 0.627. The van der Waals surface area contributed by atoms with Gasteiger partial charge in [-0.15, -0.1) is 0 Å². The fourth-order valence-corrected chi connectivity index (χ4v) is 5.90. The lowest BCUT2D eigenvalue weighted by Crippen LogP contribution is -2.27. The van der Waals surface area contributed by atoms with Crippen molar-refractivity contribution in [2.24, 2.45) is 0 Å². The minimum absolute atomic E-state index is 0.255. The van der Waals surface area contributed by atoms with Crippen LogP contribution in [0.2, 0.25) is 0 Å². The summed E-state index contributed by atoms with van der Waals surface area (Å²) < 4.78 is 16.2. The normalized spacial score (nSPS) is 11.2. The van der Waals surface area contributed by atoms with Crippen molar-refractivity contribution in [2.45, 2.75) is 0 Å². The third kappa shape index (κ3) is 3.35. The van der Waals surface area contributed by atoms with Crippen molar-refractivity contribution in [3.05, 3.63) is 115 Å². The van der Waals surface area contributed by atoms with Crippen LogP contribution >= 0.6 is 7.92 Å². The standard InChI is InChI=1S/C25H18FN2P/c26-19-10-9-11-20(18-19)28-24-17-8-7-16-23(24)27-25(28)29(21-12-3-1-4-13-21)22-14-5-2-6-15-22/h1-18H. The minimum Gasteiger partial charge on any atom is -0.292 e. The van der Waals surface area contributed by atoms with E-state index in [1.165, 1.54) is 16.7 Å². The largest absolute Gasteiger partial charge is 0.292 e. The van der Waals surface area contributed by atoms with Crippen LogP contribution in [-0.2, 0) is 0 Å². The molecule has 0 bridgehead atoms. The van der Waals surface area contributed by atoms with E-state index in [1.54, 1.807) is 12.1 Å². The summed E-state index contributed by atoms with van der Waals surface area (Å²) in [6.07, 6.45) is 0. The van der Waals surface area contributed by atoms with Crippen molar-refractivity contribution in [3.8, 4) is 5.69 Å². The van der Waals surface area contributed by atoms with E-state index >= 15 is 0 Å². The zero-order chi connectivity index (χ0) is 19.6. The molecule has 2 nitrogen and oxygen atoms in total. The molecular weight excluding hydrogens is 378 g/mol. The minimum atomic E-state index is -0.917. The van der Waals surface area contributed by atoms with Gasteiger partial charge in [0.25, 0.3) is 0 Å². The third-order valence-corrected chi connectivity index (χ3v) is 7.17. The van der Waals surface area contributed by atoms with Crippen LogP contribution in [0.3, 0.4) is 0 Å². The van der Waals surface area contributed by atoms with Crippen LogP contribution < -0.4 is 16.2 Å². The van der Waals surface area contributed by atoms with E-state index < -0.39 is 7.92 Å². The SMILES string of the molecule is Fc1cccc(-n2c(P(c3ccccc3)c3ccccc3)nc3ccccc32)c1. The molecule has 140 valence electrons. The summed E-state index contributed by atoms with van der Waals surface area (Å²) in [5, 5.41) is 2.42. The number of nitrogens with zero attached hydrogens (tertiary/aromatic N) is 2. The first kappa shape index (κ1) is 17.8. The number of hydrogen-bond donors (Lipinski definition) is 0. The van der Waals surface area contributed by atoms with Gasteiger partial charge in [0, 0.05) is 7.92 Å². The van der Waals surface area contributed by atoms with Crippen molar-refractivity contribution in [2.75, 3.05) is 0 Å². The molecule has 4 aromatic carbocycles. The maximum atomic E-state index is 14.1. The smallest absolute Gasteiger partial charge is 0.146 e. The molecule has 29 heavy (non-hydrogen) atoms. The Bertz CT molecular complexity index is 1230. The second kappa shape index (κ2) is 7.62. The van der Waals surface area contributed by atoms with E-state index in [0.29, 0.717) is 0 Å². The molecule has 0 radical (unpaired) electrons. The molecule has 0 saturated heterocycles. The quantitative estimate of drug-likeness (QED) is 0.394. The zero-order valence-electron chi connectivity index (χ0n) is 15.6. The van der Waals surface area contributed by atoms with Gasteiger partial charge >= 0.3 is 0 Å². The van der Waals surface area contributed by atoms with Crippen molar-refractivity contribution in [3.63, 3.8) is 0 Å². The highest BCUT2D eigenvalue weighted by Crippen LogP contribution is 2.35. The molecule has 0 aliphatic rings. The molecule has 0 spiro atoms. The number of para-hydroxylation sites is 2. The monoisotopic (exact) mass is 396 g/mol. The van der Waals surface area contributed by atoms with Crippen LogP contribution in [0.1, 0.15) is 0 Å². The molecule has 1 aromatic heterocycles. The lowest BCUT2D eigenvalue weighted by Gasteiger charge is -2.20. The summed E-state index contributed by atoms with van der Waals surface area (Å²) in [7, 11) is -0.917. The first-order chi connectivity index (χ1) is 14.3. The Balaban J connectivity index is 1.83. The highest BCUT2D eigenvalue weighted by Gasteiger charge is 2.24. The van der Waals surface area contributed by atoms with Crippen molar-refractivity contribution < 1.29 is 4.39 Å². The molecule has 0 unspecified atom stereocenters. The van der Waals surface area contributed by atoms with Gasteiger partial charge in [-0.2, -0.15) is 0 Å². The van der Waals surface area contributed by atoms with Gasteiger partial charge in [0.2, 0.25) is 0 Å². The second-order valence-corrected chi connectivity index (χ2v) is 8.83. The molecule has 0 atom stereocenters. The first-order valence-corrected chi connectivity index (χ1v) is 10.8. The maximum absolute atomic E-state index is 14.1. The van der Waals surface area contributed by atoms with Gasteiger partial charge in [-0.25, -0.2) is 9.37 Å². The van der Waals surface area contributed by atoms with Crippen LogP contribution in [0, 0.1) is 5.82 Å². The fraction of sp³-hybridized carbons (Fsp3) is 0. The molecule has 0 N–H and O–H groups in total. The lowest BCUT2D eigenvalue weighted by atomic mass is 10.3. The van der Waals surface area contributed by atoms with Crippen LogP contribution in [-0.4, -0.2) is 9.55 Å². The molecular formula is C25H18FN2P. The van der Waals surface area contributed by atoms with Gasteiger partial charge in [-0.1, -0.05) is 78.9 Å². The van der Waals surface area contributed by atoms with E-state index in [4.69, 9.17) is 4.98 Å². The Morgan fingerprint density at radius 2 is 1.28 bits per heavy atom. The average Bonchev–Trinajstić information content (AvgIpc) is 3.14. The van der Waals surface area contributed by atoms with Gasteiger partial charge in [-0.3, -0.25) is 4.57 Å². The first-order valence-electron chi connectivity index (χ1n) is 9.45. The Kier molecular flexibility index (Phi) is 4.67. The summed E-state index contributed by atoms with van der Waals surface area (Å²) in [4.78, 5) is 5.04. The molecule has 1 heterocycles. The molecule has 0 aliphatic heterocycles. The van der Waals surface area contributed by atoms with Crippen molar-refractivity contribution in [1.82, 2.24) is 9.55 Å². The Morgan fingerprint density at radius 3 is 1.93 bits per heavy atom. The predicted octanol–water partition coefficient (Wildman–Crippen LogP) is 4.92. The van der Waals surface area contributed by atoms with Gasteiger partial charge < -0.3 is 0 Å². The number of rotatable bonds is 4. The summed E-state index contributed by atoms with van der Waals surface area (Å²) in [6.45, 7) is 0. The average molecular weight is 396 g/mol. The van der Waals surface area contributed by atoms with Gasteiger partial charge in [0.15, 0.2) is 0 Å². The summed E-state index contributed by atoms with van der Waals surface area (Å²) >= 11 is 0. The van der Waals surface area contributed by atoms with Crippen LogP contribution in [0.15, 0.2) is 109 Å². The summed E-state index contributed by atoms with van der Waals surface area (Å²) in [6, 6.07) is 35.6. The van der Waals surface area contributed by atoms with Crippen LogP contribution in [0.4, 0.5) is 4.39 Å². The van der Waals surface area contributed by atoms with Crippen molar-refractivity contribution in [1.29, 1.82) is 0 Å². The zero-order valence-corrected chi connectivity index (χ0v) is 16.5. The highest BCUT2D eigenvalue weighted by molar-refractivity contribution is 7.79. The molecule has 0 aliphatic carbocycles. The number of halogens is 1. The van der Waals surface area contributed by atoms with Crippen molar-refractivity contribution >= 4 is 35.1 Å². The Morgan fingerprint density at radius 1 is 0.655 bits per heavy atom. The summed E-state index contributed by atoms with van der Waals surface area (Å²) in [5.74, 6) is -0.255. The Hall–Kier alpha value is -3.29. The van der Waals surface area contributed by atoms with Gasteiger partial charge in [0.1, 0.15) is 11.4 Å². The number of aromatic nitrogens is 2. The highest BCUT2D eigenvalue weighted by atomic mass is 31.1. The summed E-state index contributed by atoms with van der Waals surface area (Å²) in [5.41, 5.74) is 3.61. The number of benzene rings is 4. The Labute approximate surface area is 170 Å². The van der Waals surface area contributed by atoms with Gasteiger partial charge in [0.05, 0.1) is 16.7 Å². The van der Waals surface area contributed by atoms with E-state index in [-0.39, 0.29) is 5.82 Å². The van der Waals surface area contributed by atoms with Crippen LogP contribution in [0.25, 0.3) is 16.7 Å². The molecule has 4 heteroatoms. The van der Waals surface area contributed by atoms with E-state index in [0.717, 1.165) is 22.3 Å². The van der Waals surface area contributed by atoms with E-state index in [1.807, 2.05) is 42.5 Å². The number of hydrogen-bond acceptors (Lipinski definition) is 1. The molecule has 0 fully saturated rings. The van der Waals surface area contributed by atoms with E-state index in [9.17, 15) is 4.39 Å². The second-order valence-electron chi connectivity index (χ2n) is 6.72. The predicted molar refractivity (Wildman–Crippen MR) is 120 cm³/mol. The molecule has 0 saturated carbocycles. The van der Waals surface area contributed by atoms with Gasteiger partial charge in [-0.05, 0) is 40.9 Å². The molecule has 5 aromatic rings.